The van der Waals surface area contributed by atoms with Crippen LogP contribution in [0.5, 0.6) is 0 Å². The second-order valence-corrected chi connectivity index (χ2v) is 3.69. The quantitative estimate of drug-likeness (QED) is 0.721. The van der Waals surface area contributed by atoms with E-state index in [9.17, 15) is 0 Å². The molecule has 0 bridgehead atoms. The lowest BCUT2D eigenvalue weighted by molar-refractivity contribution is 0.791. The molecular formula is C8H11N4S. The molecule has 1 aromatic rings. The van der Waals surface area contributed by atoms with Crippen molar-refractivity contribution >= 4 is 17.6 Å². The largest absolute Gasteiger partial charge is 0.371 e. The number of aromatic nitrogens is 2. The average molecular weight is 195 g/mol. The predicted octanol–water partition coefficient (Wildman–Crippen LogP) is 0.676. The molecule has 13 heavy (non-hydrogen) atoms. The lowest BCUT2D eigenvalue weighted by atomic mass is 10.7. The van der Waals surface area contributed by atoms with Crippen LogP contribution in [0.2, 0.25) is 0 Å². The molecule has 1 N–H and O–H groups in total. The van der Waals surface area contributed by atoms with Crippen LogP contribution in [0.15, 0.2) is 22.5 Å². The molecule has 1 aliphatic rings. The van der Waals surface area contributed by atoms with Crippen LogP contribution in [0.3, 0.4) is 0 Å². The van der Waals surface area contributed by atoms with Crippen molar-refractivity contribution in [3.8, 4) is 0 Å². The Kier molecular flexibility index (Phi) is 2.54. The zero-order valence-electron chi connectivity index (χ0n) is 7.40. The molecular weight excluding hydrogens is 184 g/mol. The first kappa shape index (κ1) is 8.62. The molecule has 0 fully saturated rings. The van der Waals surface area contributed by atoms with Gasteiger partial charge in [-0.2, -0.15) is 0 Å². The number of nitrogens with one attached hydrogen (secondary N) is 1. The SMILES string of the molecule is Cn1ccnc1SCC1=N[CH]CN1. The first-order chi connectivity index (χ1) is 6.36. The van der Waals surface area contributed by atoms with Crippen molar-refractivity contribution in [3.05, 3.63) is 18.9 Å². The number of rotatable bonds is 3. The molecule has 1 aromatic heterocycles. The highest BCUT2D eigenvalue weighted by molar-refractivity contribution is 7.99. The fraction of sp³-hybridized carbons (Fsp3) is 0.375. The van der Waals surface area contributed by atoms with Crippen LogP contribution >= 0.6 is 11.8 Å². The van der Waals surface area contributed by atoms with Crippen LogP contribution in [0, 0.1) is 6.54 Å². The van der Waals surface area contributed by atoms with Gasteiger partial charge in [0.1, 0.15) is 5.84 Å². The molecule has 0 aliphatic carbocycles. The Labute approximate surface area is 81.5 Å². The summed E-state index contributed by atoms with van der Waals surface area (Å²) >= 11 is 1.69. The summed E-state index contributed by atoms with van der Waals surface area (Å²) in [6.07, 6.45) is 3.75. The standard InChI is InChI=1S/C8H11N4S/c1-12-5-4-11-8(12)13-6-7-9-2-3-10-7/h2,4-5H,3,6H2,1H3,(H,9,10). The van der Waals surface area contributed by atoms with E-state index in [4.69, 9.17) is 0 Å². The fourth-order valence-corrected chi connectivity index (χ4v) is 1.92. The number of hydrogen-bond donors (Lipinski definition) is 1. The Bertz CT molecular complexity index is 318. The highest BCUT2D eigenvalue weighted by Gasteiger charge is 2.07. The molecule has 5 heteroatoms. The van der Waals surface area contributed by atoms with Crippen molar-refractivity contribution in [1.82, 2.24) is 14.9 Å². The zero-order chi connectivity index (χ0) is 9.10. The lowest BCUT2D eigenvalue weighted by Gasteiger charge is -2.01. The second-order valence-electron chi connectivity index (χ2n) is 2.75. The van der Waals surface area contributed by atoms with Crippen LogP contribution in [-0.4, -0.2) is 27.7 Å². The third kappa shape index (κ3) is 2.03. The van der Waals surface area contributed by atoms with Gasteiger partial charge in [0.2, 0.25) is 0 Å². The van der Waals surface area contributed by atoms with Crippen molar-refractivity contribution in [2.45, 2.75) is 5.16 Å². The highest BCUT2D eigenvalue weighted by Crippen LogP contribution is 2.14. The molecule has 1 radical (unpaired) electrons. The Morgan fingerprint density at radius 1 is 1.69 bits per heavy atom. The van der Waals surface area contributed by atoms with E-state index in [1.165, 1.54) is 0 Å². The van der Waals surface area contributed by atoms with Crippen molar-refractivity contribution in [2.75, 3.05) is 12.3 Å². The van der Waals surface area contributed by atoms with Gasteiger partial charge in [-0.3, -0.25) is 4.99 Å². The monoisotopic (exact) mass is 195 g/mol. The molecule has 0 aromatic carbocycles. The Morgan fingerprint density at radius 2 is 2.62 bits per heavy atom. The normalized spacial score (nSPS) is 15.6. The van der Waals surface area contributed by atoms with Crippen LogP contribution in [0.1, 0.15) is 0 Å². The third-order valence-corrected chi connectivity index (χ3v) is 2.83. The first-order valence-corrected chi connectivity index (χ1v) is 5.07. The summed E-state index contributed by atoms with van der Waals surface area (Å²) in [4.78, 5) is 8.40. The van der Waals surface area contributed by atoms with Gasteiger partial charge in [-0.15, -0.1) is 0 Å². The number of amidine groups is 1. The van der Waals surface area contributed by atoms with Crippen LogP contribution in [0.25, 0.3) is 0 Å². The van der Waals surface area contributed by atoms with Crippen molar-refractivity contribution in [1.29, 1.82) is 0 Å². The average Bonchev–Trinajstić information content (AvgIpc) is 2.72. The topological polar surface area (TPSA) is 42.2 Å². The van der Waals surface area contributed by atoms with Gasteiger partial charge in [0.05, 0.1) is 12.3 Å². The number of imidazole rings is 1. The minimum Gasteiger partial charge on any atom is -0.371 e. The first-order valence-electron chi connectivity index (χ1n) is 4.08. The van der Waals surface area contributed by atoms with Crippen molar-refractivity contribution in [3.63, 3.8) is 0 Å². The van der Waals surface area contributed by atoms with Gasteiger partial charge >= 0.3 is 0 Å². The molecule has 0 saturated carbocycles. The van der Waals surface area contributed by atoms with Gasteiger partial charge in [0, 0.05) is 26.0 Å². The van der Waals surface area contributed by atoms with E-state index >= 15 is 0 Å². The van der Waals surface area contributed by atoms with E-state index in [1.54, 1.807) is 18.0 Å². The van der Waals surface area contributed by atoms with Gasteiger partial charge in [-0.05, 0) is 0 Å². The van der Waals surface area contributed by atoms with E-state index in [-0.39, 0.29) is 0 Å². The minimum atomic E-state index is 0.858. The molecule has 4 nitrogen and oxygen atoms in total. The number of hydrogen-bond acceptors (Lipinski definition) is 4. The number of aryl methyl sites for hydroxylation is 1. The Morgan fingerprint density at radius 3 is 3.23 bits per heavy atom. The van der Waals surface area contributed by atoms with Crippen LogP contribution in [0.4, 0.5) is 0 Å². The maximum absolute atomic E-state index is 4.21. The summed E-state index contributed by atoms with van der Waals surface area (Å²) < 4.78 is 2.00. The van der Waals surface area contributed by atoms with E-state index in [0.717, 1.165) is 23.3 Å². The van der Waals surface area contributed by atoms with Gasteiger partial charge < -0.3 is 9.88 Å². The zero-order valence-corrected chi connectivity index (χ0v) is 8.21. The highest BCUT2D eigenvalue weighted by atomic mass is 32.2. The summed E-state index contributed by atoms with van der Waals surface area (Å²) in [5.74, 6) is 1.90. The van der Waals surface area contributed by atoms with E-state index in [0.29, 0.717) is 0 Å². The van der Waals surface area contributed by atoms with Crippen LogP contribution < -0.4 is 5.32 Å². The van der Waals surface area contributed by atoms with E-state index < -0.39 is 0 Å². The molecule has 69 valence electrons. The number of aliphatic imine (C=N–C) groups is 1. The van der Waals surface area contributed by atoms with Gasteiger partial charge in [0.15, 0.2) is 5.16 Å². The van der Waals surface area contributed by atoms with Gasteiger partial charge in [0.25, 0.3) is 0 Å². The smallest absolute Gasteiger partial charge is 0.168 e. The summed E-state index contributed by atoms with van der Waals surface area (Å²) in [7, 11) is 1.99. The van der Waals surface area contributed by atoms with Crippen molar-refractivity contribution < 1.29 is 0 Å². The predicted molar refractivity (Wildman–Crippen MR) is 53.7 cm³/mol. The molecule has 2 heterocycles. The number of thioether (sulfide) groups is 1. The molecule has 0 unspecified atom stereocenters. The van der Waals surface area contributed by atoms with E-state index in [2.05, 4.69) is 15.3 Å². The van der Waals surface area contributed by atoms with Gasteiger partial charge in [-0.1, -0.05) is 11.8 Å². The minimum absolute atomic E-state index is 0.858. The molecule has 1 aliphatic heterocycles. The molecule has 2 rings (SSSR count). The molecule has 0 atom stereocenters. The summed E-state index contributed by atoms with van der Waals surface area (Å²) in [6.45, 7) is 2.74. The maximum atomic E-state index is 4.21. The summed E-state index contributed by atoms with van der Waals surface area (Å²) in [6, 6.07) is 0. The maximum Gasteiger partial charge on any atom is 0.168 e. The molecule has 0 saturated heterocycles. The third-order valence-electron chi connectivity index (χ3n) is 1.76. The van der Waals surface area contributed by atoms with E-state index in [1.807, 2.05) is 24.4 Å². The number of nitrogens with zero attached hydrogens (tertiary/aromatic N) is 3. The Hall–Kier alpha value is -0.970. The lowest BCUT2D eigenvalue weighted by Crippen LogP contribution is -2.20. The fourth-order valence-electron chi connectivity index (χ4n) is 1.08. The molecule has 0 amide bonds. The summed E-state index contributed by atoms with van der Waals surface area (Å²) in [5, 5.41) is 4.20. The second kappa shape index (κ2) is 3.83. The summed E-state index contributed by atoms with van der Waals surface area (Å²) in [5.41, 5.74) is 0. The van der Waals surface area contributed by atoms with Gasteiger partial charge in [-0.25, -0.2) is 4.98 Å². The van der Waals surface area contributed by atoms with Crippen molar-refractivity contribution in [2.24, 2.45) is 12.0 Å². The Balaban J connectivity index is 1.89. The van der Waals surface area contributed by atoms with Crippen LogP contribution in [-0.2, 0) is 7.05 Å². The molecule has 0 spiro atoms.